The number of hydrogen-bond acceptors (Lipinski definition) is 3. The maximum atomic E-state index is 11.8. The molecule has 21 heavy (non-hydrogen) atoms. The Kier molecular flexibility index (Phi) is 5.17. The lowest BCUT2D eigenvalue weighted by Crippen LogP contribution is -2.36. The predicted octanol–water partition coefficient (Wildman–Crippen LogP) is 2.26. The zero-order valence-corrected chi connectivity index (χ0v) is 12.7. The second-order valence-electron chi connectivity index (χ2n) is 5.09. The molecule has 0 spiro atoms. The van der Waals surface area contributed by atoms with E-state index in [1.165, 1.54) is 0 Å². The van der Waals surface area contributed by atoms with Crippen LogP contribution < -0.4 is 16.0 Å². The molecule has 0 saturated heterocycles. The van der Waals surface area contributed by atoms with Gasteiger partial charge in [0.25, 0.3) is 0 Å². The molecule has 0 fully saturated rings. The van der Waals surface area contributed by atoms with Gasteiger partial charge in [0.1, 0.15) is 0 Å². The van der Waals surface area contributed by atoms with Crippen LogP contribution in [-0.2, 0) is 11.3 Å². The first-order valence-corrected chi connectivity index (χ1v) is 7.37. The Morgan fingerprint density at radius 3 is 2.52 bits per heavy atom. The molecule has 112 valence electrons. The molecule has 0 aromatic heterocycles. The van der Waals surface area contributed by atoms with Crippen molar-refractivity contribution in [2.24, 2.45) is 5.73 Å². The highest BCUT2D eigenvalue weighted by atomic mass is 16.1. The zero-order chi connectivity index (χ0) is 15.2. The summed E-state index contributed by atoms with van der Waals surface area (Å²) in [5.74, 6) is 0.0235. The summed E-state index contributed by atoms with van der Waals surface area (Å²) in [4.78, 5) is 13.9. The van der Waals surface area contributed by atoms with Crippen LogP contribution in [0.4, 0.5) is 5.69 Å². The molecule has 3 N–H and O–H groups in total. The van der Waals surface area contributed by atoms with Crippen molar-refractivity contribution in [2.45, 2.75) is 19.9 Å². The number of nitrogens with two attached hydrogens (primary N) is 1. The number of fused-ring (bicyclic) bond motifs is 1. The minimum absolute atomic E-state index is 0.0235. The lowest BCUT2D eigenvalue weighted by Gasteiger charge is -2.25. The van der Waals surface area contributed by atoms with Gasteiger partial charge in [0, 0.05) is 31.2 Å². The number of benzene rings is 2. The lowest BCUT2D eigenvalue weighted by atomic mass is 10.0. The van der Waals surface area contributed by atoms with Crippen molar-refractivity contribution in [1.29, 1.82) is 0 Å². The molecule has 2 aromatic carbocycles. The third-order valence-corrected chi connectivity index (χ3v) is 3.66. The topological polar surface area (TPSA) is 58.4 Å². The fourth-order valence-electron chi connectivity index (χ4n) is 2.61. The SMILES string of the molecule is CCCN(CC(=O)NC)c1ccc(CN)c2ccccc12. The smallest absolute Gasteiger partial charge is 0.239 e. The van der Waals surface area contributed by atoms with E-state index in [0.29, 0.717) is 13.1 Å². The Bertz CT molecular complexity index is 624. The fourth-order valence-corrected chi connectivity index (χ4v) is 2.61. The van der Waals surface area contributed by atoms with E-state index in [4.69, 9.17) is 5.73 Å². The van der Waals surface area contributed by atoms with Crippen molar-refractivity contribution in [3.63, 3.8) is 0 Å². The molecular formula is C17H23N3O. The molecule has 0 aliphatic rings. The van der Waals surface area contributed by atoms with Crippen LogP contribution in [0.5, 0.6) is 0 Å². The number of amides is 1. The third kappa shape index (κ3) is 3.34. The maximum Gasteiger partial charge on any atom is 0.239 e. The first kappa shape index (κ1) is 15.3. The van der Waals surface area contributed by atoms with Crippen molar-refractivity contribution in [3.05, 3.63) is 42.0 Å². The van der Waals surface area contributed by atoms with Gasteiger partial charge in [-0.25, -0.2) is 0 Å². The largest absolute Gasteiger partial charge is 0.362 e. The molecule has 4 nitrogen and oxygen atoms in total. The summed E-state index contributed by atoms with van der Waals surface area (Å²) in [6, 6.07) is 12.4. The minimum Gasteiger partial charge on any atom is -0.362 e. The van der Waals surface area contributed by atoms with Crippen molar-refractivity contribution < 1.29 is 4.79 Å². The first-order valence-electron chi connectivity index (χ1n) is 7.37. The number of anilines is 1. The summed E-state index contributed by atoms with van der Waals surface area (Å²) >= 11 is 0. The average molecular weight is 285 g/mol. The number of nitrogens with zero attached hydrogens (tertiary/aromatic N) is 1. The van der Waals surface area contributed by atoms with Crippen molar-refractivity contribution in [3.8, 4) is 0 Å². The second kappa shape index (κ2) is 7.09. The summed E-state index contributed by atoms with van der Waals surface area (Å²) in [7, 11) is 1.67. The highest BCUT2D eigenvalue weighted by Crippen LogP contribution is 2.29. The molecule has 2 aromatic rings. The average Bonchev–Trinajstić information content (AvgIpc) is 2.53. The number of rotatable bonds is 6. The Morgan fingerprint density at radius 1 is 1.19 bits per heavy atom. The fraction of sp³-hybridized carbons (Fsp3) is 0.353. The molecule has 2 rings (SSSR count). The van der Waals surface area contributed by atoms with Gasteiger partial charge in [0.05, 0.1) is 6.54 Å². The van der Waals surface area contributed by atoms with Gasteiger partial charge in [-0.05, 0) is 23.4 Å². The van der Waals surface area contributed by atoms with E-state index in [1.54, 1.807) is 7.05 Å². The summed E-state index contributed by atoms with van der Waals surface area (Å²) in [6.07, 6.45) is 0.990. The Balaban J connectivity index is 2.50. The first-order chi connectivity index (χ1) is 10.2. The van der Waals surface area contributed by atoms with Crippen LogP contribution in [0, 0.1) is 0 Å². The standard InChI is InChI=1S/C17H23N3O/c1-3-10-20(12-17(21)19-2)16-9-8-13(11-18)14-6-4-5-7-15(14)16/h4-9H,3,10-12,18H2,1-2H3,(H,19,21). The second-order valence-corrected chi connectivity index (χ2v) is 5.09. The number of hydrogen-bond donors (Lipinski definition) is 2. The van der Waals surface area contributed by atoms with Gasteiger partial charge >= 0.3 is 0 Å². The molecule has 0 bridgehead atoms. The van der Waals surface area contributed by atoms with Gasteiger partial charge < -0.3 is 16.0 Å². The minimum atomic E-state index is 0.0235. The van der Waals surface area contributed by atoms with E-state index in [2.05, 4.69) is 41.4 Å². The van der Waals surface area contributed by atoms with E-state index >= 15 is 0 Å². The molecule has 0 aliphatic carbocycles. The van der Waals surface area contributed by atoms with Gasteiger partial charge in [0.15, 0.2) is 0 Å². The van der Waals surface area contributed by atoms with Crippen molar-refractivity contribution in [1.82, 2.24) is 5.32 Å². The zero-order valence-electron chi connectivity index (χ0n) is 12.7. The van der Waals surface area contributed by atoms with Crippen molar-refractivity contribution >= 4 is 22.4 Å². The number of carbonyl (C=O) groups is 1. The highest BCUT2D eigenvalue weighted by molar-refractivity contribution is 5.97. The normalized spacial score (nSPS) is 10.6. The summed E-state index contributed by atoms with van der Waals surface area (Å²) in [5, 5.41) is 5.01. The van der Waals surface area contributed by atoms with E-state index in [1.807, 2.05) is 12.1 Å². The predicted molar refractivity (Wildman–Crippen MR) is 88.4 cm³/mol. The highest BCUT2D eigenvalue weighted by Gasteiger charge is 2.13. The van der Waals surface area contributed by atoms with Crippen LogP contribution in [0.25, 0.3) is 10.8 Å². The van der Waals surface area contributed by atoms with Crippen LogP contribution in [0.1, 0.15) is 18.9 Å². The Hall–Kier alpha value is -2.07. The summed E-state index contributed by atoms with van der Waals surface area (Å²) < 4.78 is 0. The molecule has 0 radical (unpaired) electrons. The third-order valence-electron chi connectivity index (χ3n) is 3.66. The van der Waals surface area contributed by atoms with Gasteiger partial charge in [-0.1, -0.05) is 37.3 Å². The maximum absolute atomic E-state index is 11.8. The van der Waals surface area contributed by atoms with Gasteiger partial charge in [-0.15, -0.1) is 0 Å². The van der Waals surface area contributed by atoms with Gasteiger partial charge in [0.2, 0.25) is 5.91 Å². The Morgan fingerprint density at radius 2 is 1.90 bits per heavy atom. The summed E-state index contributed by atoms with van der Waals surface area (Å²) in [5.41, 5.74) is 8.05. The van der Waals surface area contributed by atoms with Gasteiger partial charge in [-0.3, -0.25) is 4.79 Å². The molecule has 0 atom stereocenters. The van der Waals surface area contributed by atoms with Crippen LogP contribution in [0.2, 0.25) is 0 Å². The molecule has 0 saturated carbocycles. The lowest BCUT2D eigenvalue weighted by molar-refractivity contribution is -0.119. The Labute approximate surface area is 125 Å². The summed E-state index contributed by atoms with van der Waals surface area (Å²) in [6.45, 7) is 3.85. The molecule has 0 aliphatic heterocycles. The van der Waals surface area contributed by atoms with Crippen LogP contribution in [0.3, 0.4) is 0 Å². The van der Waals surface area contributed by atoms with Crippen LogP contribution >= 0.6 is 0 Å². The van der Waals surface area contributed by atoms with Gasteiger partial charge in [-0.2, -0.15) is 0 Å². The molecular weight excluding hydrogens is 262 g/mol. The monoisotopic (exact) mass is 285 g/mol. The van der Waals surface area contributed by atoms with Crippen molar-refractivity contribution in [2.75, 3.05) is 25.0 Å². The van der Waals surface area contributed by atoms with E-state index in [9.17, 15) is 4.79 Å². The van der Waals surface area contributed by atoms with Crippen LogP contribution in [-0.4, -0.2) is 26.0 Å². The van der Waals surface area contributed by atoms with E-state index < -0.39 is 0 Å². The molecule has 0 heterocycles. The molecule has 1 amide bonds. The van der Waals surface area contributed by atoms with Crippen LogP contribution in [0.15, 0.2) is 36.4 Å². The molecule has 4 heteroatoms. The number of carbonyl (C=O) groups excluding carboxylic acids is 1. The number of nitrogens with one attached hydrogen (secondary N) is 1. The molecule has 0 unspecified atom stereocenters. The number of likely N-dealkylation sites (N-methyl/N-ethyl adjacent to an activating group) is 1. The van der Waals surface area contributed by atoms with E-state index in [0.717, 1.165) is 35.0 Å². The quantitative estimate of drug-likeness (QED) is 0.856. The van der Waals surface area contributed by atoms with E-state index in [-0.39, 0.29) is 5.91 Å².